The highest BCUT2D eigenvalue weighted by Gasteiger charge is 2.31. The fourth-order valence-electron chi connectivity index (χ4n) is 4.38. The highest BCUT2D eigenvalue weighted by molar-refractivity contribution is 6.31. The number of H-pyrrole nitrogens is 1. The van der Waals surface area contributed by atoms with Gasteiger partial charge in [-0.15, -0.1) is 0 Å². The number of phenolic OH excluding ortho intramolecular Hbond substituents is 1. The minimum atomic E-state index is -4.69. The molecule has 7 nitrogen and oxygen atoms in total. The third-order valence-electron chi connectivity index (χ3n) is 6.21. The van der Waals surface area contributed by atoms with Gasteiger partial charge in [0.05, 0.1) is 10.9 Å². The van der Waals surface area contributed by atoms with Gasteiger partial charge in [-0.05, 0) is 67.4 Å². The second kappa shape index (κ2) is 10.7. The topological polar surface area (TPSA) is 108 Å². The van der Waals surface area contributed by atoms with E-state index in [0.29, 0.717) is 35.3 Å². The maximum absolute atomic E-state index is 13.4. The van der Waals surface area contributed by atoms with E-state index in [1.165, 1.54) is 0 Å². The molecule has 0 saturated carbocycles. The number of hydrogen-bond donors (Lipinski definition) is 3. The van der Waals surface area contributed by atoms with Crippen LogP contribution >= 0.6 is 11.6 Å². The smallest absolute Gasteiger partial charge is 0.416 e. The van der Waals surface area contributed by atoms with Crippen LogP contribution in [0.2, 0.25) is 5.02 Å². The van der Waals surface area contributed by atoms with Crippen LogP contribution in [0.3, 0.4) is 0 Å². The van der Waals surface area contributed by atoms with Crippen LogP contribution in [0.15, 0.2) is 47.4 Å². The first kappa shape index (κ1) is 27.6. The molecule has 0 fully saturated rings. The summed E-state index contributed by atoms with van der Waals surface area (Å²) in [5.74, 6) is -0.748. The quantitative estimate of drug-likeness (QED) is 0.283. The first-order valence-corrected chi connectivity index (χ1v) is 12.3. The van der Waals surface area contributed by atoms with Crippen LogP contribution in [0.25, 0.3) is 33.5 Å². The molecule has 0 radical (unpaired) electrons. The lowest BCUT2D eigenvalue weighted by atomic mass is 9.97. The number of aryl methyl sites for hydroxylation is 1. The summed E-state index contributed by atoms with van der Waals surface area (Å²) in [6, 6.07) is 7.97. The van der Waals surface area contributed by atoms with Crippen LogP contribution in [-0.4, -0.2) is 44.6 Å². The van der Waals surface area contributed by atoms with Gasteiger partial charge >= 0.3 is 6.18 Å². The molecule has 0 aliphatic heterocycles. The van der Waals surface area contributed by atoms with E-state index in [1.54, 1.807) is 12.3 Å². The molecule has 0 aliphatic carbocycles. The van der Waals surface area contributed by atoms with Crippen molar-refractivity contribution >= 4 is 22.6 Å². The van der Waals surface area contributed by atoms with E-state index in [2.05, 4.69) is 15.0 Å². The Morgan fingerprint density at radius 2 is 1.89 bits per heavy atom. The number of fused-ring (bicyclic) bond motifs is 1. The molecule has 0 saturated heterocycles. The van der Waals surface area contributed by atoms with Crippen molar-refractivity contribution in [1.29, 1.82) is 0 Å². The van der Waals surface area contributed by atoms with Crippen molar-refractivity contribution in [2.75, 3.05) is 13.6 Å². The molecule has 38 heavy (non-hydrogen) atoms. The summed E-state index contributed by atoms with van der Waals surface area (Å²) < 4.78 is 39.9. The van der Waals surface area contributed by atoms with Crippen molar-refractivity contribution < 1.29 is 18.3 Å². The third-order valence-corrected chi connectivity index (χ3v) is 6.43. The fourth-order valence-corrected chi connectivity index (χ4v) is 4.67. The molecule has 4 rings (SSSR count). The number of benzene rings is 2. The summed E-state index contributed by atoms with van der Waals surface area (Å²) in [5, 5.41) is 10.6. The van der Waals surface area contributed by atoms with Gasteiger partial charge in [0.15, 0.2) is 5.65 Å². The van der Waals surface area contributed by atoms with E-state index in [-0.39, 0.29) is 28.5 Å². The molecule has 0 aliphatic rings. The van der Waals surface area contributed by atoms with E-state index in [1.807, 2.05) is 37.9 Å². The maximum Gasteiger partial charge on any atom is 0.416 e. The fraction of sp³-hybridized carbons (Fsp3) is 0.296. The molecule has 2 heterocycles. The highest BCUT2D eigenvalue weighted by Crippen LogP contribution is 2.35. The van der Waals surface area contributed by atoms with Crippen LogP contribution in [0.5, 0.6) is 5.75 Å². The van der Waals surface area contributed by atoms with E-state index in [9.17, 15) is 23.1 Å². The average molecular weight is 546 g/mol. The standard InChI is InChI=1S/C27H27ClF3N5O2/c1-4-19(32)12-36(3)13-22-21(15-5-14(2)6-18(28)8-15)11-33-25-23(22)26(38)35-24(34-25)16-7-17(27(29,30)31)10-20(37)9-16/h5-11,19,37H,4,12-13,32H2,1-3H3,(H,33,34,35,38)/t19-/m0/s1. The number of nitrogens with zero attached hydrogens (tertiary/aromatic N) is 3. The summed E-state index contributed by atoms with van der Waals surface area (Å²) >= 11 is 6.31. The molecular formula is C27H27ClF3N5O2. The monoisotopic (exact) mass is 545 g/mol. The maximum atomic E-state index is 13.4. The van der Waals surface area contributed by atoms with Crippen LogP contribution in [-0.2, 0) is 12.7 Å². The molecule has 0 bridgehead atoms. The van der Waals surface area contributed by atoms with Crippen LogP contribution in [0, 0.1) is 6.92 Å². The summed E-state index contributed by atoms with van der Waals surface area (Å²) in [5.41, 5.74) is 7.47. The Bertz CT molecular complexity index is 1530. The Morgan fingerprint density at radius 1 is 1.16 bits per heavy atom. The molecule has 1 atom stereocenters. The Labute approximate surface area is 222 Å². The van der Waals surface area contributed by atoms with E-state index in [0.717, 1.165) is 29.7 Å². The van der Waals surface area contributed by atoms with E-state index < -0.39 is 23.0 Å². The van der Waals surface area contributed by atoms with Gasteiger partial charge in [0.1, 0.15) is 11.6 Å². The molecule has 0 spiro atoms. The molecule has 2 aromatic carbocycles. The number of alkyl halides is 3. The van der Waals surface area contributed by atoms with Crippen molar-refractivity contribution in [3.8, 4) is 28.3 Å². The minimum Gasteiger partial charge on any atom is -0.508 e. The second-order valence-corrected chi connectivity index (χ2v) is 9.85. The summed E-state index contributed by atoms with van der Waals surface area (Å²) in [6.07, 6.45) is -2.34. The zero-order valence-corrected chi connectivity index (χ0v) is 21.8. The first-order valence-electron chi connectivity index (χ1n) is 11.9. The predicted molar refractivity (Wildman–Crippen MR) is 142 cm³/mol. The number of halogens is 4. The number of nitrogens with one attached hydrogen (secondary N) is 1. The molecule has 4 aromatic rings. The highest BCUT2D eigenvalue weighted by atomic mass is 35.5. The first-order chi connectivity index (χ1) is 17.8. The van der Waals surface area contributed by atoms with E-state index >= 15 is 0 Å². The van der Waals surface area contributed by atoms with Crippen LogP contribution in [0.1, 0.15) is 30.0 Å². The third kappa shape index (κ3) is 5.98. The molecular weight excluding hydrogens is 519 g/mol. The lowest BCUT2D eigenvalue weighted by Gasteiger charge is -2.23. The van der Waals surface area contributed by atoms with Gasteiger partial charge in [-0.2, -0.15) is 13.2 Å². The largest absolute Gasteiger partial charge is 0.508 e. The zero-order chi connectivity index (χ0) is 27.8. The van der Waals surface area contributed by atoms with Gasteiger partial charge in [-0.3, -0.25) is 4.79 Å². The number of likely N-dealkylation sites (N-methyl/N-ethyl adjacent to an activating group) is 1. The van der Waals surface area contributed by atoms with Crippen molar-refractivity contribution in [2.24, 2.45) is 5.73 Å². The number of aromatic hydroxyl groups is 1. The summed E-state index contributed by atoms with van der Waals surface area (Å²) in [7, 11) is 1.89. The number of rotatable bonds is 7. The Morgan fingerprint density at radius 3 is 2.55 bits per heavy atom. The molecule has 11 heteroatoms. The number of hydrogen-bond acceptors (Lipinski definition) is 6. The van der Waals surface area contributed by atoms with Crippen molar-refractivity contribution in [3.63, 3.8) is 0 Å². The second-order valence-electron chi connectivity index (χ2n) is 9.41. The minimum absolute atomic E-state index is 0.0614. The lowest BCUT2D eigenvalue weighted by Crippen LogP contribution is -2.34. The van der Waals surface area contributed by atoms with E-state index in [4.69, 9.17) is 17.3 Å². The van der Waals surface area contributed by atoms with Gasteiger partial charge in [0.2, 0.25) is 0 Å². The molecule has 0 unspecified atom stereocenters. The summed E-state index contributed by atoms with van der Waals surface area (Å²) in [6.45, 7) is 4.80. The predicted octanol–water partition coefficient (Wildman–Crippen LogP) is 5.51. The molecule has 2 aromatic heterocycles. The zero-order valence-electron chi connectivity index (χ0n) is 21.0. The Balaban J connectivity index is 1.92. The van der Waals surface area contributed by atoms with Gasteiger partial charge in [-0.1, -0.05) is 24.6 Å². The molecule has 200 valence electrons. The SMILES string of the molecule is CC[C@H](N)CN(C)Cc1c(-c2cc(C)cc(Cl)c2)cnc2nc(-c3cc(O)cc(C(F)(F)F)c3)[nH]c(=O)c12. The molecule has 4 N–H and O–H groups in total. The van der Waals surface area contributed by atoms with Gasteiger partial charge in [0.25, 0.3) is 5.56 Å². The van der Waals surface area contributed by atoms with Crippen molar-refractivity contribution in [1.82, 2.24) is 19.9 Å². The Kier molecular flexibility index (Phi) is 7.78. The number of aromatic nitrogens is 3. The average Bonchev–Trinajstić information content (AvgIpc) is 2.82. The van der Waals surface area contributed by atoms with Gasteiger partial charge < -0.3 is 20.7 Å². The van der Waals surface area contributed by atoms with Crippen LogP contribution < -0.4 is 11.3 Å². The van der Waals surface area contributed by atoms with Crippen LogP contribution in [0.4, 0.5) is 13.2 Å². The van der Waals surface area contributed by atoms with Crippen molar-refractivity contribution in [3.05, 3.63) is 74.7 Å². The van der Waals surface area contributed by atoms with Gasteiger partial charge in [-0.25, -0.2) is 9.97 Å². The number of nitrogens with two attached hydrogens (primary N) is 1. The number of phenols is 1. The Hall–Kier alpha value is -3.47. The van der Waals surface area contributed by atoms with Crippen molar-refractivity contribution in [2.45, 2.75) is 39.0 Å². The number of aromatic amines is 1. The number of pyridine rings is 1. The molecule has 0 amide bonds. The van der Waals surface area contributed by atoms with Gasteiger partial charge in [0, 0.05) is 41.5 Å². The normalized spacial score (nSPS) is 12.9. The lowest BCUT2D eigenvalue weighted by molar-refractivity contribution is -0.137. The summed E-state index contributed by atoms with van der Waals surface area (Å²) in [4.78, 5) is 26.8.